The predicted octanol–water partition coefficient (Wildman–Crippen LogP) is 2.40. The third-order valence-electron chi connectivity index (χ3n) is 2.39. The molecule has 1 aromatic rings. The van der Waals surface area contributed by atoms with Crippen LogP contribution in [-0.2, 0) is 16.1 Å². The van der Waals surface area contributed by atoms with Gasteiger partial charge in [0, 0.05) is 18.5 Å². The van der Waals surface area contributed by atoms with Crippen LogP contribution in [-0.4, -0.2) is 19.1 Å². The highest BCUT2D eigenvalue weighted by molar-refractivity contribution is 5.69. The molecule has 0 unspecified atom stereocenters. The molecule has 0 fully saturated rings. The second-order valence-corrected chi connectivity index (χ2v) is 3.80. The molecular weight excluding hydrogens is 240 g/mol. The molecule has 18 heavy (non-hydrogen) atoms. The van der Waals surface area contributed by atoms with Gasteiger partial charge in [0.05, 0.1) is 6.61 Å². The Balaban J connectivity index is 2.22. The summed E-state index contributed by atoms with van der Waals surface area (Å²) in [7, 11) is 0. The van der Waals surface area contributed by atoms with E-state index in [4.69, 9.17) is 4.74 Å². The molecule has 0 bridgehead atoms. The van der Waals surface area contributed by atoms with Gasteiger partial charge in [0.25, 0.3) is 0 Å². The van der Waals surface area contributed by atoms with Gasteiger partial charge in [0.1, 0.15) is 0 Å². The maximum atomic E-state index is 13.3. The summed E-state index contributed by atoms with van der Waals surface area (Å²) in [6, 6.07) is 4.07. The van der Waals surface area contributed by atoms with Gasteiger partial charge in [-0.2, -0.15) is 0 Å². The molecule has 0 saturated heterocycles. The number of nitrogens with one attached hydrogen (secondary N) is 1. The van der Waals surface area contributed by atoms with Crippen molar-refractivity contribution in [2.45, 2.75) is 26.3 Å². The first kappa shape index (κ1) is 14.6. The van der Waals surface area contributed by atoms with Gasteiger partial charge in [-0.05, 0) is 26.0 Å². The minimum Gasteiger partial charge on any atom is -0.466 e. The van der Waals surface area contributed by atoms with Crippen molar-refractivity contribution in [3.05, 3.63) is 35.4 Å². The van der Waals surface area contributed by atoms with E-state index in [1.165, 1.54) is 12.1 Å². The number of benzene rings is 1. The van der Waals surface area contributed by atoms with Crippen LogP contribution in [0.4, 0.5) is 8.78 Å². The Labute approximate surface area is 105 Å². The van der Waals surface area contributed by atoms with E-state index in [0.717, 1.165) is 6.07 Å². The van der Waals surface area contributed by atoms with E-state index in [9.17, 15) is 13.6 Å². The predicted molar refractivity (Wildman–Crippen MR) is 63.9 cm³/mol. The zero-order valence-corrected chi connectivity index (χ0v) is 10.3. The largest absolute Gasteiger partial charge is 0.466 e. The molecule has 0 aliphatic heterocycles. The minimum atomic E-state index is -0.846. The Bertz CT molecular complexity index is 397. The molecule has 1 N–H and O–H groups in total. The van der Waals surface area contributed by atoms with E-state index in [0.29, 0.717) is 26.0 Å². The number of rotatable bonds is 7. The van der Waals surface area contributed by atoms with Crippen LogP contribution in [0.2, 0.25) is 0 Å². The van der Waals surface area contributed by atoms with Crippen LogP contribution in [0.5, 0.6) is 0 Å². The van der Waals surface area contributed by atoms with Crippen LogP contribution in [0, 0.1) is 11.6 Å². The number of carbonyl (C=O) groups excluding carboxylic acids is 1. The van der Waals surface area contributed by atoms with E-state index in [2.05, 4.69) is 5.32 Å². The smallest absolute Gasteiger partial charge is 0.305 e. The molecule has 1 aromatic carbocycles. The van der Waals surface area contributed by atoms with Gasteiger partial charge >= 0.3 is 5.97 Å². The summed E-state index contributed by atoms with van der Waals surface area (Å²) in [5.74, 6) is -1.91. The van der Waals surface area contributed by atoms with Crippen molar-refractivity contribution in [2.75, 3.05) is 13.2 Å². The Morgan fingerprint density at radius 2 is 2.17 bits per heavy atom. The first-order valence-electron chi connectivity index (χ1n) is 5.94. The van der Waals surface area contributed by atoms with Crippen LogP contribution in [0.3, 0.4) is 0 Å². The van der Waals surface area contributed by atoms with Gasteiger partial charge in [0.15, 0.2) is 11.6 Å². The minimum absolute atomic E-state index is 0.240. The van der Waals surface area contributed by atoms with Gasteiger partial charge in [-0.3, -0.25) is 4.79 Å². The van der Waals surface area contributed by atoms with Crippen molar-refractivity contribution in [1.82, 2.24) is 5.32 Å². The Morgan fingerprint density at radius 1 is 1.39 bits per heavy atom. The lowest BCUT2D eigenvalue weighted by molar-refractivity contribution is -0.143. The number of hydrogen-bond acceptors (Lipinski definition) is 3. The number of halogens is 2. The molecule has 0 aliphatic carbocycles. The van der Waals surface area contributed by atoms with E-state index in [-0.39, 0.29) is 18.1 Å². The van der Waals surface area contributed by atoms with Gasteiger partial charge in [-0.25, -0.2) is 8.78 Å². The van der Waals surface area contributed by atoms with Crippen molar-refractivity contribution in [1.29, 1.82) is 0 Å². The van der Waals surface area contributed by atoms with Crippen LogP contribution in [0.15, 0.2) is 18.2 Å². The van der Waals surface area contributed by atoms with Crippen LogP contribution in [0.25, 0.3) is 0 Å². The third-order valence-corrected chi connectivity index (χ3v) is 2.39. The second kappa shape index (κ2) is 7.76. The standard InChI is InChI=1S/C13H17F2NO2/c1-2-18-12(17)7-4-8-16-9-10-5-3-6-11(14)13(10)15/h3,5-6,16H,2,4,7-9H2,1H3. The number of esters is 1. The number of carbonyl (C=O) groups is 1. The monoisotopic (exact) mass is 257 g/mol. The highest BCUT2D eigenvalue weighted by Gasteiger charge is 2.06. The topological polar surface area (TPSA) is 38.3 Å². The first-order valence-corrected chi connectivity index (χ1v) is 5.94. The zero-order chi connectivity index (χ0) is 13.4. The molecule has 0 amide bonds. The fourth-order valence-electron chi connectivity index (χ4n) is 1.50. The Hall–Kier alpha value is -1.49. The molecule has 0 spiro atoms. The van der Waals surface area contributed by atoms with Crippen molar-refractivity contribution >= 4 is 5.97 Å². The van der Waals surface area contributed by atoms with Crippen molar-refractivity contribution in [3.63, 3.8) is 0 Å². The summed E-state index contributed by atoms with van der Waals surface area (Å²) < 4.78 is 30.9. The fourth-order valence-corrected chi connectivity index (χ4v) is 1.50. The highest BCUT2D eigenvalue weighted by Crippen LogP contribution is 2.10. The van der Waals surface area contributed by atoms with Gasteiger partial charge < -0.3 is 10.1 Å². The van der Waals surface area contributed by atoms with E-state index >= 15 is 0 Å². The molecule has 0 heterocycles. The van der Waals surface area contributed by atoms with E-state index in [1.54, 1.807) is 6.92 Å². The van der Waals surface area contributed by atoms with Crippen molar-refractivity contribution in [3.8, 4) is 0 Å². The summed E-state index contributed by atoms with van der Waals surface area (Å²) >= 11 is 0. The second-order valence-electron chi connectivity index (χ2n) is 3.80. The lowest BCUT2D eigenvalue weighted by atomic mass is 10.2. The maximum absolute atomic E-state index is 13.3. The Kier molecular flexibility index (Phi) is 6.28. The normalized spacial score (nSPS) is 10.4. The van der Waals surface area contributed by atoms with E-state index in [1.807, 2.05) is 0 Å². The average Bonchev–Trinajstić information content (AvgIpc) is 2.34. The summed E-state index contributed by atoms with van der Waals surface area (Å²) in [4.78, 5) is 11.0. The van der Waals surface area contributed by atoms with Crippen molar-refractivity contribution in [2.24, 2.45) is 0 Å². The van der Waals surface area contributed by atoms with Gasteiger partial charge in [-0.15, -0.1) is 0 Å². The van der Waals surface area contributed by atoms with Crippen molar-refractivity contribution < 1.29 is 18.3 Å². The highest BCUT2D eigenvalue weighted by atomic mass is 19.2. The molecule has 0 saturated carbocycles. The first-order chi connectivity index (χ1) is 8.65. The zero-order valence-electron chi connectivity index (χ0n) is 10.3. The number of ether oxygens (including phenoxy) is 1. The maximum Gasteiger partial charge on any atom is 0.305 e. The third kappa shape index (κ3) is 4.79. The van der Waals surface area contributed by atoms with Crippen LogP contribution < -0.4 is 5.32 Å². The quantitative estimate of drug-likeness (QED) is 0.602. The Morgan fingerprint density at radius 3 is 2.89 bits per heavy atom. The SMILES string of the molecule is CCOC(=O)CCCNCc1cccc(F)c1F. The van der Waals surface area contributed by atoms with Crippen LogP contribution in [0.1, 0.15) is 25.3 Å². The molecule has 0 atom stereocenters. The lowest BCUT2D eigenvalue weighted by Gasteiger charge is -2.06. The molecule has 0 aliphatic rings. The fraction of sp³-hybridized carbons (Fsp3) is 0.462. The molecule has 100 valence electrons. The molecule has 5 heteroatoms. The van der Waals surface area contributed by atoms with E-state index < -0.39 is 11.6 Å². The van der Waals surface area contributed by atoms with Crippen LogP contribution >= 0.6 is 0 Å². The summed E-state index contributed by atoms with van der Waals surface area (Å²) in [6.07, 6.45) is 0.933. The molecule has 0 radical (unpaired) electrons. The molecule has 1 rings (SSSR count). The summed E-state index contributed by atoms with van der Waals surface area (Å²) in [5, 5.41) is 2.95. The average molecular weight is 257 g/mol. The van der Waals surface area contributed by atoms with Gasteiger partial charge in [0.2, 0.25) is 0 Å². The molecule has 3 nitrogen and oxygen atoms in total. The summed E-state index contributed by atoms with van der Waals surface area (Å²) in [5.41, 5.74) is 0.283. The number of hydrogen-bond donors (Lipinski definition) is 1. The van der Waals surface area contributed by atoms with Gasteiger partial charge in [-0.1, -0.05) is 12.1 Å². The molecule has 0 aromatic heterocycles. The lowest BCUT2D eigenvalue weighted by Crippen LogP contribution is -2.17. The molecular formula is C13H17F2NO2. The summed E-state index contributed by atoms with van der Waals surface area (Å²) in [6.45, 7) is 2.92.